The van der Waals surface area contributed by atoms with Crippen LogP contribution in [0.4, 0.5) is 0 Å². The van der Waals surface area contributed by atoms with Gasteiger partial charge in [-0.05, 0) is 44.4 Å². The number of methoxy groups -OCH3 is 1. The van der Waals surface area contributed by atoms with Crippen molar-refractivity contribution in [1.82, 2.24) is 0 Å². The third-order valence-electron chi connectivity index (χ3n) is 4.57. The monoisotopic (exact) mass is 312 g/mol. The van der Waals surface area contributed by atoms with Crippen molar-refractivity contribution in [2.75, 3.05) is 7.11 Å². The highest BCUT2D eigenvalue weighted by atomic mass is 17.2. The van der Waals surface area contributed by atoms with Gasteiger partial charge in [-0.2, -0.15) is 0 Å². The molecule has 1 aliphatic heterocycles. The molecule has 4 nitrogen and oxygen atoms in total. The summed E-state index contributed by atoms with van der Waals surface area (Å²) in [6, 6.07) is 0. The van der Waals surface area contributed by atoms with Crippen LogP contribution in [0.3, 0.4) is 0 Å². The van der Waals surface area contributed by atoms with E-state index in [1.165, 1.54) is 7.11 Å². The van der Waals surface area contributed by atoms with Crippen LogP contribution in [0.25, 0.3) is 0 Å². The van der Waals surface area contributed by atoms with E-state index in [9.17, 15) is 4.79 Å². The van der Waals surface area contributed by atoms with Crippen LogP contribution < -0.4 is 0 Å². The SMILES string of the molecule is CC/C=C/C(CC)C[C@@]1(C)C[C@@H](CC)[C@@H](CC(=O)OC)OO1. The van der Waals surface area contributed by atoms with Crippen LogP contribution in [0.1, 0.15) is 66.2 Å². The number of ether oxygens (including phenoxy) is 1. The fraction of sp³-hybridized carbons (Fsp3) is 0.833. The molecule has 1 unspecified atom stereocenters. The first-order chi connectivity index (χ1) is 10.5. The molecule has 0 aromatic heterocycles. The zero-order valence-corrected chi connectivity index (χ0v) is 14.8. The Hall–Kier alpha value is -0.870. The van der Waals surface area contributed by atoms with E-state index in [1.807, 2.05) is 0 Å². The molecular formula is C18H32O4. The zero-order valence-electron chi connectivity index (χ0n) is 14.8. The number of rotatable bonds is 8. The number of hydrogen-bond donors (Lipinski definition) is 0. The molecule has 1 aliphatic rings. The fourth-order valence-electron chi connectivity index (χ4n) is 3.18. The van der Waals surface area contributed by atoms with Crippen LogP contribution in [0.5, 0.6) is 0 Å². The maximum Gasteiger partial charge on any atom is 0.308 e. The van der Waals surface area contributed by atoms with Gasteiger partial charge in [-0.3, -0.25) is 4.79 Å². The topological polar surface area (TPSA) is 44.8 Å². The van der Waals surface area contributed by atoms with Gasteiger partial charge in [-0.1, -0.05) is 39.3 Å². The Balaban J connectivity index is 2.66. The van der Waals surface area contributed by atoms with Gasteiger partial charge in [0.1, 0.15) is 11.7 Å². The third-order valence-corrected chi connectivity index (χ3v) is 4.57. The van der Waals surface area contributed by atoms with Crippen LogP contribution in [0.15, 0.2) is 12.2 Å². The minimum absolute atomic E-state index is 0.197. The summed E-state index contributed by atoms with van der Waals surface area (Å²) < 4.78 is 4.74. The molecule has 0 amide bonds. The van der Waals surface area contributed by atoms with Crippen LogP contribution in [-0.4, -0.2) is 24.8 Å². The van der Waals surface area contributed by atoms with E-state index in [1.54, 1.807) is 0 Å². The Bertz CT molecular complexity index is 366. The minimum atomic E-state index is -0.286. The lowest BCUT2D eigenvalue weighted by atomic mass is 9.79. The zero-order chi connectivity index (χ0) is 16.6. The molecule has 1 fully saturated rings. The van der Waals surface area contributed by atoms with E-state index in [4.69, 9.17) is 14.5 Å². The highest BCUT2D eigenvalue weighted by molar-refractivity contribution is 5.69. The molecule has 0 aliphatic carbocycles. The molecule has 128 valence electrons. The molecule has 0 aromatic carbocycles. The van der Waals surface area contributed by atoms with E-state index >= 15 is 0 Å². The first kappa shape index (κ1) is 19.2. The number of carbonyl (C=O) groups excluding carboxylic acids is 1. The van der Waals surface area contributed by atoms with Gasteiger partial charge in [-0.25, -0.2) is 9.78 Å². The van der Waals surface area contributed by atoms with Crippen molar-refractivity contribution < 1.29 is 19.3 Å². The number of esters is 1. The van der Waals surface area contributed by atoms with Crippen molar-refractivity contribution in [3.63, 3.8) is 0 Å². The lowest BCUT2D eigenvalue weighted by molar-refractivity contribution is -0.419. The third kappa shape index (κ3) is 5.73. The van der Waals surface area contributed by atoms with Crippen LogP contribution in [0.2, 0.25) is 0 Å². The summed E-state index contributed by atoms with van der Waals surface area (Å²) in [7, 11) is 1.41. The summed E-state index contributed by atoms with van der Waals surface area (Å²) in [6.45, 7) is 8.61. The lowest BCUT2D eigenvalue weighted by Crippen LogP contribution is -2.45. The molecule has 0 N–H and O–H groups in total. The number of hydrogen-bond acceptors (Lipinski definition) is 4. The maximum atomic E-state index is 11.5. The molecule has 22 heavy (non-hydrogen) atoms. The second-order valence-corrected chi connectivity index (χ2v) is 6.53. The van der Waals surface area contributed by atoms with E-state index < -0.39 is 0 Å². The summed E-state index contributed by atoms with van der Waals surface area (Å²) in [6.07, 6.45) is 9.57. The predicted octanol–water partition coefficient (Wildman–Crippen LogP) is 4.44. The van der Waals surface area contributed by atoms with Crippen LogP contribution in [0, 0.1) is 11.8 Å². The average Bonchev–Trinajstić information content (AvgIpc) is 2.53. The Morgan fingerprint density at radius 3 is 2.68 bits per heavy atom. The van der Waals surface area contributed by atoms with Gasteiger partial charge in [0.25, 0.3) is 0 Å². The van der Waals surface area contributed by atoms with Crippen LogP contribution >= 0.6 is 0 Å². The highest BCUT2D eigenvalue weighted by Gasteiger charge is 2.41. The first-order valence-electron chi connectivity index (χ1n) is 8.55. The number of allylic oxidation sites excluding steroid dienone is 2. The van der Waals surface area contributed by atoms with Crippen molar-refractivity contribution in [2.24, 2.45) is 11.8 Å². The summed E-state index contributed by atoms with van der Waals surface area (Å²) >= 11 is 0. The Kier molecular flexibility index (Phi) is 8.12. The van der Waals surface area contributed by atoms with E-state index in [-0.39, 0.29) is 24.1 Å². The van der Waals surface area contributed by atoms with Crippen molar-refractivity contribution in [3.05, 3.63) is 12.2 Å². The molecular weight excluding hydrogens is 280 g/mol. The summed E-state index contributed by atoms with van der Waals surface area (Å²) in [5.41, 5.74) is -0.286. The molecule has 0 spiro atoms. The van der Waals surface area contributed by atoms with Crippen molar-refractivity contribution in [1.29, 1.82) is 0 Å². The van der Waals surface area contributed by atoms with Gasteiger partial charge >= 0.3 is 5.97 Å². The highest BCUT2D eigenvalue weighted by Crippen LogP contribution is 2.39. The summed E-state index contributed by atoms with van der Waals surface area (Å²) in [5.74, 6) is 0.585. The van der Waals surface area contributed by atoms with Crippen LogP contribution in [-0.2, 0) is 19.3 Å². The smallest absolute Gasteiger partial charge is 0.308 e. The average molecular weight is 312 g/mol. The molecule has 4 atom stereocenters. The second kappa shape index (κ2) is 9.31. The summed E-state index contributed by atoms with van der Waals surface area (Å²) in [5, 5.41) is 0. The maximum absolute atomic E-state index is 11.5. The van der Waals surface area contributed by atoms with Gasteiger partial charge < -0.3 is 4.74 Å². The predicted molar refractivity (Wildman–Crippen MR) is 87.2 cm³/mol. The standard InChI is InChI=1S/C18H32O4/c1-6-9-10-14(7-2)12-18(4)13-15(8-3)16(21-22-18)11-17(19)20-5/h9-10,14-16H,6-8,11-13H2,1-5H3/b10-9+/t14?,15-,16-,18+/m1/s1. The number of carbonyl (C=O) groups is 1. The lowest BCUT2D eigenvalue weighted by Gasteiger charge is -2.42. The molecule has 4 heteroatoms. The fourth-order valence-corrected chi connectivity index (χ4v) is 3.18. The van der Waals surface area contributed by atoms with E-state index in [2.05, 4.69) is 39.8 Å². The van der Waals surface area contributed by atoms with E-state index in [0.717, 1.165) is 32.1 Å². The molecule has 0 saturated carbocycles. The normalized spacial score (nSPS) is 30.4. The van der Waals surface area contributed by atoms with Gasteiger partial charge in [0.2, 0.25) is 0 Å². The summed E-state index contributed by atoms with van der Waals surface area (Å²) in [4.78, 5) is 22.8. The van der Waals surface area contributed by atoms with Crippen molar-refractivity contribution in [3.8, 4) is 0 Å². The molecule has 1 saturated heterocycles. The van der Waals surface area contributed by atoms with Crippen molar-refractivity contribution >= 4 is 5.97 Å². The molecule has 0 bridgehead atoms. The van der Waals surface area contributed by atoms with Gasteiger partial charge in [-0.15, -0.1) is 0 Å². The quantitative estimate of drug-likeness (QED) is 0.378. The molecule has 0 aromatic rings. The van der Waals surface area contributed by atoms with Gasteiger partial charge in [0.15, 0.2) is 0 Å². The first-order valence-corrected chi connectivity index (χ1v) is 8.55. The molecule has 1 heterocycles. The Morgan fingerprint density at radius 2 is 2.14 bits per heavy atom. The van der Waals surface area contributed by atoms with Gasteiger partial charge in [0.05, 0.1) is 13.5 Å². The Labute approximate surface area is 135 Å². The molecule has 1 rings (SSSR count). The van der Waals surface area contributed by atoms with Gasteiger partial charge in [0, 0.05) is 0 Å². The second-order valence-electron chi connectivity index (χ2n) is 6.53. The molecule has 0 radical (unpaired) electrons. The van der Waals surface area contributed by atoms with Crippen molar-refractivity contribution in [2.45, 2.75) is 77.9 Å². The Morgan fingerprint density at radius 1 is 1.41 bits per heavy atom. The largest absolute Gasteiger partial charge is 0.469 e. The minimum Gasteiger partial charge on any atom is -0.469 e. The van der Waals surface area contributed by atoms with E-state index in [0.29, 0.717) is 11.8 Å².